The molecule has 0 aliphatic rings. The number of nitrogens with zero attached hydrogens (tertiary/aromatic N) is 1. The van der Waals surface area contributed by atoms with Crippen LogP contribution in [0, 0.1) is 0 Å². The molecule has 0 aromatic rings. The van der Waals surface area contributed by atoms with E-state index < -0.39 is 46.9 Å². The molecule has 2 atom stereocenters. The Bertz CT molecular complexity index is 543. The SMILES string of the molecule is O=P(O)(O)O.O=P(O)(O)O.O=P(O)(O)O.O=P(O)(O)O.O=P(O)(O)O.O=P(O)(O)O.P=NPNP. The Morgan fingerprint density at radius 3 is 0.543 bits per heavy atom. The van der Waals surface area contributed by atoms with Gasteiger partial charge in [-0.2, -0.15) is 0 Å². The molecule has 0 aromatic heterocycles. The molecule has 0 rings (SSSR count). The minimum Gasteiger partial charge on any atom is -0.303 e. The van der Waals surface area contributed by atoms with Crippen LogP contribution in [0.2, 0.25) is 0 Å². The fourth-order valence-electron chi connectivity index (χ4n) is 0.0323. The predicted octanol–water partition coefficient (Wildman–Crippen LogP) is -4.37. The zero-order valence-corrected chi connectivity index (χ0v) is 24.2. The first kappa shape index (κ1) is 52.9. The van der Waals surface area contributed by atoms with E-state index in [1.54, 1.807) is 0 Å². The van der Waals surface area contributed by atoms with Crippen molar-refractivity contribution in [2.45, 2.75) is 0 Å². The van der Waals surface area contributed by atoms with Gasteiger partial charge in [-0.3, -0.25) is 4.86 Å². The van der Waals surface area contributed by atoms with Gasteiger partial charge in [0.2, 0.25) is 0 Å². The summed E-state index contributed by atoms with van der Waals surface area (Å²) in [6, 6.07) is 0. The van der Waals surface area contributed by atoms with Crippen LogP contribution < -0.4 is 4.86 Å². The van der Waals surface area contributed by atoms with Crippen molar-refractivity contribution >= 4 is 74.2 Å². The highest BCUT2D eigenvalue weighted by atomic mass is 31.2. The van der Waals surface area contributed by atoms with Crippen LogP contribution in [0.5, 0.6) is 0 Å². The lowest BCUT2D eigenvalue weighted by molar-refractivity contribution is 0.272. The van der Waals surface area contributed by atoms with E-state index in [9.17, 15) is 0 Å². The molecule has 0 aliphatic carbocycles. The van der Waals surface area contributed by atoms with Crippen LogP contribution in [0.4, 0.5) is 0 Å². The van der Waals surface area contributed by atoms with Gasteiger partial charge in [0.15, 0.2) is 0 Å². The zero-order valence-electron chi connectivity index (χ0n) is 15.7. The highest BCUT2D eigenvalue weighted by Crippen LogP contribution is 2.27. The van der Waals surface area contributed by atoms with Gasteiger partial charge in [0.1, 0.15) is 0 Å². The monoisotopic (exact) mass is 714 g/mol. The minimum atomic E-state index is -4.64. The van der Waals surface area contributed by atoms with Gasteiger partial charge in [-0.25, -0.2) is 31.9 Å². The van der Waals surface area contributed by atoms with E-state index in [4.69, 9.17) is 115 Å². The van der Waals surface area contributed by atoms with Gasteiger partial charge in [0.05, 0.1) is 8.88 Å². The molecular weight excluding hydrogens is 691 g/mol. The van der Waals surface area contributed by atoms with E-state index in [1.165, 1.54) is 0 Å². The first-order valence-electron chi connectivity index (χ1n) is 5.68. The van der Waals surface area contributed by atoms with Crippen LogP contribution in [0.1, 0.15) is 0 Å². The molecule has 0 spiro atoms. The average molecular weight is 714 g/mol. The fraction of sp³-hybridized carbons (Fsp3) is 0. The predicted molar refractivity (Wildman–Crippen MR) is 117 cm³/mol. The molecule has 19 N–H and O–H groups in total. The Morgan fingerprint density at radius 2 is 0.543 bits per heavy atom. The second-order valence-electron chi connectivity index (χ2n) is 3.45. The molecule has 0 aliphatic heterocycles. The van der Waals surface area contributed by atoms with Gasteiger partial charge in [0.25, 0.3) is 0 Å². The molecule has 35 heteroatoms. The largest absolute Gasteiger partial charge is 0.466 e. The Kier molecular flexibility index (Phi) is 39.1. The van der Waals surface area contributed by atoms with Gasteiger partial charge in [-0.1, -0.05) is 9.39 Å². The van der Waals surface area contributed by atoms with E-state index in [2.05, 4.69) is 27.8 Å². The third-order valence-electron chi connectivity index (χ3n) is 0.120. The van der Waals surface area contributed by atoms with Crippen LogP contribution in [0.15, 0.2) is 4.52 Å². The summed E-state index contributed by atoms with van der Waals surface area (Å²) in [5, 5.41) is 0. The van der Waals surface area contributed by atoms with Crippen LogP contribution in [-0.2, 0) is 27.4 Å². The van der Waals surface area contributed by atoms with Crippen molar-refractivity contribution in [1.29, 1.82) is 0 Å². The van der Waals surface area contributed by atoms with Gasteiger partial charge in [0, 0.05) is 0 Å². The number of phosphoric acid groups is 6. The quantitative estimate of drug-likeness (QED) is 0.120. The second-order valence-corrected chi connectivity index (χ2v) is 11.9. The topological polar surface area (TPSA) is 491 Å². The van der Waals surface area contributed by atoms with Crippen molar-refractivity contribution in [3.63, 3.8) is 0 Å². The van der Waals surface area contributed by atoms with Crippen molar-refractivity contribution in [3.8, 4) is 0 Å². The maximum absolute atomic E-state index is 8.88. The molecule has 0 fully saturated rings. The smallest absolute Gasteiger partial charge is 0.303 e. The van der Waals surface area contributed by atoms with E-state index in [1.807, 2.05) is 0 Å². The summed E-state index contributed by atoms with van der Waals surface area (Å²) in [5.41, 5.74) is 0. The third-order valence-corrected chi connectivity index (χ3v) is 1.08. The van der Waals surface area contributed by atoms with Crippen molar-refractivity contribution in [2.24, 2.45) is 4.52 Å². The molecule has 0 bridgehead atoms. The first-order valence-corrected chi connectivity index (χ1v) is 17.0. The lowest BCUT2D eigenvalue weighted by atomic mass is 13.8. The maximum Gasteiger partial charge on any atom is 0.466 e. The van der Waals surface area contributed by atoms with Crippen LogP contribution in [0.3, 0.4) is 0 Å². The van der Waals surface area contributed by atoms with E-state index in [-0.39, 0.29) is 0 Å². The second kappa shape index (κ2) is 25.8. The highest BCUT2D eigenvalue weighted by molar-refractivity contribution is 7.47. The summed E-state index contributed by atoms with van der Waals surface area (Å²) in [7, 11) is -22.1. The molecule has 26 nitrogen and oxygen atoms in total. The lowest BCUT2D eigenvalue weighted by Gasteiger charge is -1.82. The molecule has 0 saturated carbocycles. The maximum atomic E-state index is 8.88. The summed E-state index contributed by atoms with van der Waals surface area (Å²) < 4.78 is 56.8. The Hall–Kier alpha value is 1.58. The van der Waals surface area contributed by atoms with Gasteiger partial charge >= 0.3 is 46.9 Å². The number of nitrogens with one attached hydrogen (secondary N) is 1. The lowest BCUT2D eigenvalue weighted by Crippen LogP contribution is -1.66. The standard InChI is InChI=1S/H5N2P3.6H3O4P/c3-1-5-2-4;6*1-5(2,3)4/h1,4-5H,3H2;6*(H3,1,2,3,4). The first-order chi connectivity index (χ1) is 14.4. The summed E-state index contributed by atoms with van der Waals surface area (Å²) in [6.07, 6.45) is 0. The molecule has 0 amide bonds. The Labute approximate surface area is 199 Å². The van der Waals surface area contributed by atoms with Crippen LogP contribution >= 0.6 is 74.2 Å². The normalized spacial score (nSPS) is 11.5. The fourth-order valence-corrected chi connectivity index (χ4v) is 0.871. The van der Waals surface area contributed by atoms with Crippen molar-refractivity contribution in [1.82, 2.24) is 4.86 Å². The molecule has 2 unspecified atom stereocenters. The molecule has 222 valence electrons. The van der Waals surface area contributed by atoms with Gasteiger partial charge in [-0.05, 0) is 9.03 Å². The summed E-state index contributed by atoms with van der Waals surface area (Å²) in [5.74, 6) is 0. The van der Waals surface area contributed by atoms with Gasteiger partial charge in [-0.15, -0.1) is 0 Å². The number of hydrogen-bond acceptors (Lipinski definition) is 8. The number of hydrogen-bond donors (Lipinski definition) is 19. The summed E-state index contributed by atoms with van der Waals surface area (Å²) in [6.45, 7) is 0. The van der Waals surface area contributed by atoms with Gasteiger partial charge < -0.3 is 88.1 Å². The molecule has 0 radical (unpaired) electrons. The van der Waals surface area contributed by atoms with Crippen molar-refractivity contribution in [3.05, 3.63) is 0 Å². The molecule has 0 aromatic carbocycles. The van der Waals surface area contributed by atoms with Crippen LogP contribution in [0.25, 0.3) is 0 Å². The highest BCUT2D eigenvalue weighted by Gasteiger charge is 2.02. The molecular formula is H23N2O24P9. The average Bonchev–Trinajstić information content (AvgIpc) is 2.25. The number of rotatable bonds is 2. The summed E-state index contributed by atoms with van der Waals surface area (Å²) in [4.78, 5) is 132. The summed E-state index contributed by atoms with van der Waals surface area (Å²) >= 11 is 0. The van der Waals surface area contributed by atoms with Crippen molar-refractivity contribution < 1.29 is 115 Å². The van der Waals surface area contributed by atoms with E-state index in [0.717, 1.165) is 0 Å². The minimum absolute atomic E-state index is 0.449. The third kappa shape index (κ3) is 3130. The molecule has 0 heterocycles. The van der Waals surface area contributed by atoms with Crippen molar-refractivity contribution in [2.75, 3.05) is 0 Å². The van der Waals surface area contributed by atoms with E-state index in [0.29, 0.717) is 8.88 Å². The molecule has 0 saturated heterocycles. The Morgan fingerprint density at radius 1 is 0.457 bits per heavy atom. The zero-order chi connectivity index (χ0) is 31.1. The van der Waals surface area contributed by atoms with E-state index >= 15 is 0 Å². The molecule has 35 heavy (non-hydrogen) atoms. The van der Waals surface area contributed by atoms with Crippen LogP contribution in [-0.4, -0.2) is 88.1 Å². The Balaban J connectivity index is -0.0000000523.